The maximum absolute atomic E-state index is 9.09. The van der Waals surface area contributed by atoms with Gasteiger partial charge in [-0.05, 0) is 61.3 Å². The van der Waals surface area contributed by atoms with Gasteiger partial charge in [0.1, 0.15) is 11.2 Å². The van der Waals surface area contributed by atoms with Crippen LogP contribution in [0.3, 0.4) is 0 Å². The highest BCUT2D eigenvalue weighted by Gasteiger charge is 2.20. The molecule has 0 radical (unpaired) electrons. The summed E-state index contributed by atoms with van der Waals surface area (Å²) in [7, 11) is 0. The monoisotopic (exact) mass is 476 g/mol. The van der Waals surface area contributed by atoms with E-state index in [1.54, 1.807) is 0 Å². The lowest BCUT2D eigenvalue weighted by molar-refractivity contribution is 0.673. The van der Waals surface area contributed by atoms with Crippen LogP contribution in [0.4, 0.5) is 0 Å². The molecule has 172 valence electrons. The molecule has 0 bridgehead atoms. The van der Waals surface area contributed by atoms with Crippen molar-refractivity contribution < 1.29 is 12.6 Å². The molecule has 1 heteroatoms. The number of fused-ring (bicyclic) bond motifs is 7. The summed E-state index contributed by atoms with van der Waals surface area (Å²) in [6, 6.07) is 30.8. The van der Waals surface area contributed by atoms with Gasteiger partial charge in [-0.25, -0.2) is 0 Å². The Labute approximate surface area is 222 Å². The molecule has 0 atom stereocenters. The van der Waals surface area contributed by atoms with E-state index in [0.717, 1.165) is 43.8 Å². The molecule has 0 aliphatic heterocycles. The number of hydrogen-bond acceptors (Lipinski definition) is 1. The number of furan rings is 1. The Bertz CT molecular complexity index is 2410. The van der Waals surface area contributed by atoms with Gasteiger partial charge in [0, 0.05) is 16.2 Å². The first-order valence-electron chi connectivity index (χ1n) is 15.2. The molecular weight excluding hydrogens is 448 g/mol. The lowest BCUT2D eigenvalue weighted by atomic mass is 9.85. The third-order valence-corrected chi connectivity index (χ3v) is 7.21. The smallest absolute Gasteiger partial charge is 0.143 e. The second-order valence-electron chi connectivity index (χ2n) is 9.19. The SMILES string of the molecule is [2H]c1c([2H])c([2H])c2c(c1[2H])c([2H])c([2H])c1c2oc2cccc(-c3c4ccccc4c(-c4ccccc4)c4ccccc34)c21. The molecule has 0 N–H and O–H groups in total. The molecule has 1 heterocycles. The number of hydrogen-bond donors (Lipinski definition) is 0. The topological polar surface area (TPSA) is 13.1 Å². The summed E-state index contributed by atoms with van der Waals surface area (Å²) in [5.41, 5.74) is 4.73. The van der Waals surface area contributed by atoms with E-state index in [9.17, 15) is 0 Å². The first-order valence-corrected chi connectivity index (χ1v) is 12.2. The van der Waals surface area contributed by atoms with Gasteiger partial charge in [0.2, 0.25) is 0 Å². The van der Waals surface area contributed by atoms with Crippen LogP contribution in [0.1, 0.15) is 8.22 Å². The highest BCUT2D eigenvalue weighted by atomic mass is 16.3. The summed E-state index contributed by atoms with van der Waals surface area (Å²) in [6.07, 6.45) is 0. The molecular formula is C36H22O. The van der Waals surface area contributed by atoms with Gasteiger partial charge in [0.15, 0.2) is 0 Å². The molecule has 0 unspecified atom stereocenters. The van der Waals surface area contributed by atoms with Crippen molar-refractivity contribution in [3.05, 3.63) is 133 Å². The molecule has 8 aromatic rings. The third kappa shape index (κ3) is 2.92. The molecule has 8 rings (SSSR count). The van der Waals surface area contributed by atoms with Gasteiger partial charge >= 0.3 is 0 Å². The van der Waals surface area contributed by atoms with Crippen molar-refractivity contribution in [3.8, 4) is 22.3 Å². The van der Waals surface area contributed by atoms with E-state index >= 15 is 0 Å². The maximum Gasteiger partial charge on any atom is 0.143 e. The minimum atomic E-state index is -0.432. The Morgan fingerprint density at radius 1 is 0.486 bits per heavy atom. The lowest BCUT2D eigenvalue weighted by Crippen LogP contribution is -1.91. The van der Waals surface area contributed by atoms with Crippen LogP contribution in [-0.2, 0) is 0 Å². The van der Waals surface area contributed by atoms with Crippen LogP contribution in [0.5, 0.6) is 0 Å². The van der Waals surface area contributed by atoms with E-state index in [0.29, 0.717) is 16.4 Å². The molecule has 0 saturated heterocycles. The third-order valence-electron chi connectivity index (χ3n) is 7.21. The Balaban J connectivity index is 1.60. The van der Waals surface area contributed by atoms with Gasteiger partial charge in [-0.2, -0.15) is 0 Å². The minimum absolute atomic E-state index is 0.00720. The molecule has 0 fully saturated rings. The average Bonchev–Trinajstić information content (AvgIpc) is 3.43. The highest BCUT2D eigenvalue weighted by Crippen LogP contribution is 2.47. The van der Waals surface area contributed by atoms with Crippen molar-refractivity contribution >= 4 is 54.3 Å². The van der Waals surface area contributed by atoms with Gasteiger partial charge in [-0.1, -0.05) is 121 Å². The van der Waals surface area contributed by atoms with E-state index in [4.69, 9.17) is 12.6 Å². The zero-order chi connectivity index (χ0) is 29.6. The normalized spacial score (nSPS) is 14.1. The Morgan fingerprint density at radius 2 is 1.14 bits per heavy atom. The summed E-state index contributed by atoms with van der Waals surface area (Å²) in [6.45, 7) is 0. The van der Waals surface area contributed by atoms with Crippen molar-refractivity contribution in [3.63, 3.8) is 0 Å². The average molecular weight is 477 g/mol. The molecule has 0 aliphatic carbocycles. The standard InChI is InChI=1S/C36H22O/c1-2-12-24(13-3-1)33-26-15-6-8-17-28(26)34(29-18-9-7-16-27(29)33)30-19-10-20-32-35(30)31-22-21-23-11-4-5-14-25(23)36(31)37-32/h1-22H/i4D,5D,11D,14D,21D,22D. The van der Waals surface area contributed by atoms with Crippen LogP contribution in [0.2, 0.25) is 0 Å². The van der Waals surface area contributed by atoms with Crippen molar-refractivity contribution in [2.45, 2.75) is 0 Å². The Morgan fingerprint density at radius 3 is 1.86 bits per heavy atom. The fourth-order valence-electron chi connectivity index (χ4n) is 5.69. The molecule has 1 nitrogen and oxygen atoms in total. The Kier molecular flexibility index (Phi) is 3.23. The molecule has 0 spiro atoms. The predicted molar refractivity (Wildman–Crippen MR) is 157 cm³/mol. The minimum Gasteiger partial charge on any atom is -0.455 e. The van der Waals surface area contributed by atoms with Gasteiger partial charge in [0.25, 0.3) is 0 Å². The fraction of sp³-hybridized carbons (Fsp3) is 0. The second-order valence-corrected chi connectivity index (χ2v) is 9.19. The van der Waals surface area contributed by atoms with Crippen molar-refractivity contribution in [2.75, 3.05) is 0 Å². The molecule has 1 aromatic heterocycles. The summed E-state index contributed by atoms with van der Waals surface area (Å²) in [5, 5.41) is 5.36. The Hall–Kier alpha value is -4.88. The van der Waals surface area contributed by atoms with Crippen LogP contribution < -0.4 is 0 Å². The summed E-state index contributed by atoms with van der Waals surface area (Å²) in [5.74, 6) is 0. The van der Waals surface area contributed by atoms with Crippen LogP contribution in [0.15, 0.2) is 138 Å². The molecule has 0 saturated carbocycles. The van der Waals surface area contributed by atoms with Crippen LogP contribution in [0, 0.1) is 0 Å². The summed E-state index contributed by atoms with van der Waals surface area (Å²) >= 11 is 0. The van der Waals surface area contributed by atoms with E-state index in [1.165, 1.54) is 0 Å². The van der Waals surface area contributed by atoms with Crippen LogP contribution in [0.25, 0.3) is 76.5 Å². The van der Waals surface area contributed by atoms with Crippen molar-refractivity contribution in [1.82, 2.24) is 0 Å². The van der Waals surface area contributed by atoms with Crippen LogP contribution >= 0.6 is 0 Å². The zero-order valence-electron chi connectivity index (χ0n) is 25.6. The van der Waals surface area contributed by atoms with Gasteiger partial charge < -0.3 is 4.42 Å². The van der Waals surface area contributed by atoms with Crippen molar-refractivity contribution in [2.24, 2.45) is 0 Å². The van der Waals surface area contributed by atoms with Crippen LogP contribution in [-0.4, -0.2) is 0 Å². The molecule has 0 aliphatic rings. The first-order chi connectivity index (χ1) is 20.9. The molecule has 0 amide bonds. The second kappa shape index (κ2) is 7.81. The quantitative estimate of drug-likeness (QED) is 0.226. The first kappa shape index (κ1) is 15.3. The summed E-state index contributed by atoms with van der Waals surface area (Å²) < 4.78 is 58.0. The number of rotatable bonds is 2. The maximum atomic E-state index is 9.09. The highest BCUT2D eigenvalue weighted by molar-refractivity contribution is 6.26. The van der Waals surface area contributed by atoms with Gasteiger partial charge in [-0.15, -0.1) is 0 Å². The van der Waals surface area contributed by atoms with E-state index in [-0.39, 0.29) is 40.5 Å². The van der Waals surface area contributed by atoms with Gasteiger partial charge in [0.05, 0.1) is 8.22 Å². The summed E-state index contributed by atoms with van der Waals surface area (Å²) in [4.78, 5) is 0. The van der Waals surface area contributed by atoms with Gasteiger partial charge in [-0.3, -0.25) is 0 Å². The van der Waals surface area contributed by atoms with E-state index in [2.05, 4.69) is 36.4 Å². The number of benzene rings is 7. The predicted octanol–water partition coefficient (Wildman–Crippen LogP) is 10.4. The molecule has 7 aromatic carbocycles. The lowest BCUT2D eigenvalue weighted by Gasteiger charge is -2.18. The largest absolute Gasteiger partial charge is 0.455 e. The fourth-order valence-corrected chi connectivity index (χ4v) is 5.69. The van der Waals surface area contributed by atoms with E-state index in [1.807, 2.05) is 60.7 Å². The molecule has 37 heavy (non-hydrogen) atoms. The van der Waals surface area contributed by atoms with E-state index < -0.39 is 12.1 Å². The van der Waals surface area contributed by atoms with Crippen molar-refractivity contribution in [1.29, 1.82) is 0 Å². The zero-order valence-corrected chi connectivity index (χ0v) is 19.6.